The molecule has 0 saturated carbocycles. The van der Waals surface area contributed by atoms with Crippen LogP contribution in [-0.2, 0) is 0 Å². The van der Waals surface area contributed by atoms with Crippen LogP contribution in [-0.4, -0.2) is 26.8 Å². The predicted octanol–water partition coefficient (Wildman–Crippen LogP) is 1.55. The molecule has 4 heteroatoms. The molecular weight excluding hydrogens is 184 g/mol. The Kier molecular flexibility index (Phi) is 2.59. The van der Waals surface area contributed by atoms with Gasteiger partial charge in [0.1, 0.15) is 0 Å². The number of carbonyl (C=O) groups excluding carboxylic acids is 1. The van der Waals surface area contributed by atoms with Crippen molar-refractivity contribution < 1.29 is 4.79 Å². The van der Waals surface area contributed by atoms with Gasteiger partial charge in [-0.05, 0) is 24.7 Å². The molecule has 1 saturated heterocycles. The minimum absolute atomic E-state index is 0.0862. The third kappa shape index (κ3) is 1.88. The summed E-state index contributed by atoms with van der Waals surface area (Å²) in [6.07, 6.45) is 5.33. The fraction of sp³-hybridized carbons (Fsp3) is 0.444. The first-order chi connectivity index (χ1) is 6.38. The quantitative estimate of drug-likeness (QED) is 0.670. The van der Waals surface area contributed by atoms with E-state index in [2.05, 4.69) is 9.97 Å². The summed E-state index contributed by atoms with van der Waals surface area (Å²) in [5.74, 6) is 1.54. The average molecular weight is 194 g/mol. The molecule has 68 valence electrons. The molecule has 0 bridgehead atoms. The van der Waals surface area contributed by atoms with Gasteiger partial charge in [-0.1, -0.05) is 0 Å². The fourth-order valence-electron chi connectivity index (χ4n) is 1.35. The molecule has 3 nitrogen and oxygen atoms in total. The smallest absolute Gasteiger partial charge is 0.212 e. The maximum absolute atomic E-state index is 11.7. The Morgan fingerprint density at radius 3 is 2.85 bits per heavy atom. The van der Waals surface area contributed by atoms with E-state index >= 15 is 0 Å². The van der Waals surface area contributed by atoms with E-state index in [-0.39, 0.29) is 11.0 Å². The topological polar surface area (TPSA) is 42.9 Å². The molecule has 0 aliphatic carbocycles. The third-order valence-corrected chi connectivity index (χ3v) is 3.38. The van der Waals surface area contributed by atoms with Crippen LogP contribution in [0.2, 0.25) is 0 Å². The molecule has 1 aromatic heterocycles. The van der Waals surface area contributed by atoms with E-state index in [4.69, 9.17) is 0 Å². The molecule has 1 aliphatic heterocycles. The molecule has 2 rings (SSSR count). The summed E-state index contributed by atoms with van der Waals surface area (Å²) in [6.45, 7) is 0. The second-order valence-corrected chi connectivity index (χ2v) is 4.25. The highest BCUT2D eigenvalue weighted by Crippen LogP contribution is 2.27. The highest BCUT2D eigenvalue weighted by atomic mass is 32.2. The molecule has 1 aliphatic rings. The molecular formula is C9H10N2OS. The van der Waals surface area contributed by atoms with Gasteiger partial charge >= 0.3 is 0 Å². The van der Waals surface area contributed by atoms with Gasteiger partial charge in [0, 0.05) is 12.4 Å². The maximum Gasteiger partial charge on any atom is 0.212 e. The van der Waals surface area contributed by atoms with Crippen molar-refractivity contribution in [1.82, 2.24) is 9.97 Å². The van der Waals surface area contributed by atoms with Crippen LogP contribution in [0.3, 0.4) is 0 Å². The minimum atomic E-state index is 0.0862. The third-order valence-electron chi connectivity index (χ3n) is 2.01. The van der Waals surface area contributed by atoms with E-state index in [0.717, 1.165) is 18.6 Å². The van der Waals surface area contributed by atoms with Crippen LogP contribution in [0.5, 0.6) is 0 Å². The highest BCUT2D eigenvalue weighted by Gasteiger charge is 2.25. The Labute approximate surface area is 81.0 Å². The van der Waals surface area contributed by atoms with E-state index in [9.17, 15) is 4.79 Å². The second kappa shape index (κ2) is 3.87. The summed E-state index contributed by atoms with van der Waals surface area (Å²) >= 11 is 1.72. The van der Waals surface area contributed by atoms with Gasteiger partial charge in [-0.25, -0.2) is 9.97 Å². The Balaban J connectivity index is 2.13. The van der Waals surface area contributed by atoms with Crippen molar-refractivity contribution in [2.24, 2.45) is 0 Å². The molecule has 13 heavy (non-hydrogen) atoms. The number of nitrogens with zero attached hydrogens (tertiary/aromatic N) is 2. The summed E-state index contributed by atoms with van der Waals surface area (Å²) < 4.78 is 0. The van der Waals surface area contributed by atoms with Gasteiger partial charge in [0.2, 0.25) is 5.78 Å². The van der Waals surface area contributed by atoms with E-state index in [1.54, 1.807) is 30.2 Å². The van der Waals surface area contributed by atoms with Gasteiger partial charge in [-0.2, -0.15) is 11.8 Å². The minimum Gasteiger partial charge on any atom is -0.289 e. The van der Waals surface area contributed by atoms with Crippen LogP contribution in [0.25, 0.3) is 0 Å². The van der Waals surface area contributed by atoms with Gasteiger partial charge in [0.05, 0.1) is 5.25 Å². The Hall–Kier alpha value is -0.900. The van der Waals surface area contributed by atoms with Crippen LogP contribution < -0.4 is 0 Å². The maximum atomic E-state index is 11.7. The zero-order valence-corrected chi connectivity index (χ0v) is 7.96. The average Bonchev–Trinajstić information content (AvgIpc) is 2.71. The lowest BCUT2D eigenvalue weighted by Crippen LogP contribution is -2.16. The number of Topliss-reactive ketones (excluding diaryl/α,β-unsaturated/α-hetero) is 1. The molecule has 2 heterocycles. The number of hydrogen-bond acceptors (Lipinski definition) is 4. The lowest BCUT2D eigenvalue weighted by Gasteiger charge is -2.04. The van der Waals surface area contributed by atoms with Crippen LogP contribution in [0.4, 0.5) is 0 Å². The van der Waals surface area contributed by atoms with Crippen molar-refractivity contribution in [3.8, 4) is 0 Å². The first kappa shape index (κ1) is 8.69. The van der Waals surface area contributed by atoms with Crippen molar-refractivity contribution in [3.63, 3.8) is 0 Å². The summed E-state index contributed by atoms with van der Waals surface area (Å²) in [5, 5.41) is 0.0994. The first-order valence-electron chi connectivity index (χ1n) is 4.31. The van der Waals surface area contributed by atoms with Crippen LogP contribution in [0.15, 0.2) is 18.5 Å². The number of carbonyl (C=O) groups is 1. The van der Waals surface area contributed by atoms with Crippen LogP contribution in [0, 0.1) is 0 Å². The zero-order valence-electron chi connectivity index (χ0n) is 7.14. The lowest BCUT2D eigenvalue weighted by atomic mass is 10.2. The number of hydrogen-bond donors (Lipinski definition) is 0. The molecule has 1 fully saturated rings. The van der Waals surface area contributed by atoms with Crippen molar-refractivity contribution in [1.29, 1.82) is 0 Å². The van der Waals surface area contributed by atoms with Gasteiger partial charge in [0.25, 0.3) is 0 Å². The SMILES string of the molecule is O=C(c1ncccn1)C1CCCS1. The van der Waals surface area contributed by atoms with Crippen LogP contribution in [0.1, 0.15) is 23.5 Å². The van der Waals surface area contributed by atoms with Crippen molar-refractivity contribution in [2.45, 2.75) is 18.1 Å². The van der Waals surface area contributed by atoms with E-state index < -0.39 is 0 Å². The zero-order chi connectivity index (χ0) is 9.10. The Morgan fingerprint density at radius 1 is 1.46 bits per heavy atom. The van der Waals surface area contributed by atoms with Crippen molar-refractivity contribution in [2.75, 3.05) is 5.75 Å². The predicted molar refractivity (Wildman–Crippen MR) is 51.8 cm³/mol. The monoisotopic (exact) mass is 194 g/mol. The lowest BCUT2D eigenvalue weighted by molar-refractivity contribution is 0.0978. The summed E-state index contributed by atoms with van der Waals surface area (Å²) in [7, 11) is 0. The Morgan fingerprint density at radius 2 is 2.23 bits per heavy atom. The molecule has 0 N–H and O–H groups in total. The van der Waals surface area contributed by atoms with E-state index in [1.807, 2.05) is 0 Å². The van der Waals surface area contributed by atoms with Crippen LogP contribution >= 0.6 is 11.8 Å². The van der Waals surface area contributed by atoms with Crippen molar-refractivity contribution >= 4 is 17.5 Å². The first-order valence-corrected chi connectivity index (χ1v) is 5.35. The van der Waals surface area contributed by atoms with Crippen molar-refractivity contribution in [3.05, 3.63) is 24.3 Å². The highest BCUT2D eigenvalue weighted by molar-refractivity contribution is 8.00. The number of thioether (sulfide) groups is 1. The summed E-state index contributed by atoms with van der Waals surface area (Å²) in [5.41, 5.74) is 0. The standard InChI is InChI=1S/C9H10N2OS/c12-8(7-3-1-6-13-7)9-10-4-2-5-11-9/h2,4-5,7H,1,3,6H2. The molecule has 0 aromatic carbocycles. The van der Waals surface area contributed by atoms with E-state index in [0.29, 0.717) is 5.82 Å². The van der Waals surface area contributed by atoms with Gasteiger partial charge in [0.15, 0.2) is 5.82 Å². The van der Waals surface area contributed by atoms with Gasteiger partial charge in [-0.3, -0.25) is 4.79 Å². The number of rotatable bonds is 2. The molecule has 0 spiro atoms. The molecule has 0 amide bonds. The molecule has 0 radical (unpaired) electrons. The molecule has 1 atom stereocenters. The Bertz CT molecular complexity index is 296. The second-order valence-electron chi connectivity index (χ2n) is 2.94. The van der Waals surface area contributed by atoms with Gasteiger partial charge < -0.3 is 0 Å². The summed E-state index contributed by atoms with van der Waals surface area (Å²) in [6, 6.07) is 1.72. The molecule has 1 unspecified atom stereocenters. The fourth-order valence-corrected chi connectivity index (χ4v) is 2.56. The van der Waals surface area contributed by atoms with Gasteiger partial charge in [-0.15, -0.1) is 0 Å². The molecule has 1 aromatic rings. The normalized spacial score (nSPS) is 21.7. The number of ketones is 1. The largest absolute Gasteiger partial charge is 0.289 e. The van der Waals surface area contributed by atoms with E-state index in [1.165, 1.54) is 0 Å². The summed E-state index contributed by atoms with van der Waals surface area (Å²) in [4.78, 5) is 19.6. The number of aromatic nitrogens is 2.